The fourth-order valence-corrected chi connectivity index (χ4v) is 3.56. The lowest BCUT2D eigenvalue weighted by molar-refractivity contribution is 0.198. The first-order valence-electron chi connectivity index (χ1n) is 9.18. The van der Waals surface area contributed by atoms with E-state index in [-0.39, 0.29) is 12.1 Å². The molecule has 2 aromatic heterocycles. The number of piperidine rings is 1. The molecule has 2 fully saturated rings. The second-order valence-electron chi connectivity index (χ2n) is 7.25. The molecule has 3 heterocycles. The summed E-state index contributed by atoms with van der Waals surface area (Å²) in [6, 6.07) is 2.33. The Kier molecular flexibility index (Phi) is 4.80. The van der Waals surface area contributed by atoms with E-state index >= 15 is 0 Å². The zero-order valence-corrected chi connectivity index (χ0v) is 14.9. The van der Waals surface area contributed by atoms with E-state index in [1.807, 2.05) is 12.3 Å². The highest BCUT2D eigenvalue weighted by Gasteiger charge is 2.28. The van der Waals surface area contributed by atoms with E-state index < -0.39 is 11.6 Å². The molecule has 1 aliphatic heterocycles. The Morgan fingerprint density at radius 3 is 2.46 bits per heavy atom. The first kappa shape index (κ1) is 17.3. The van der Waals surface area contributed by atoms with Crippen LogP contribution in [0.25, 0.3) is 0 Å². The van der Waals surface area contributed by atoms with Gasteiger partial charge in [0.05, 0.1) is 12.4 Å². The first-order valence-corrected chi connectivity index (χ1v) is 9.18. The van der Waals surface area contributed by atoms with Gasteiger partial charge in [-0.1, -0.05) is 0 Å². The molecule has 7 heteroatoms. The van der Waals surface area contributed by atoms with E-state index in [1.54, 1.807) is 0 Å². The summed E-state index contributed by atoms with van der Waals surface area (Å²) < 4.78 is 27.6. The van der Waals surface area contributed by atoms with Gasteiger partial charge in [0.15, 0.2) is 0 Å². The average Bonchev–Trinajstić information content (AvgIpc) is 3.50. The van der Waals surface area contributed by atoms with E-state index in [0.29, 0.717) is 12.0 Å². The zero-order valence-electron chi connectivity index (χ0n) is 14.9. The van der Waals surface area contributed by atoms with Gasteiger partial charge in [-0.05, 0) is 31.7 Å². The smallest absolute Gasteiger partial charge is 0.148 e. The molecular formula is C19H23F2N5. The number of aromatic nitrogens is 3. The maximum atomic E-state index is 13.8. The molecule has 0 atom stereocenters. The summed E-state index contributed by atoms with van der Waals surface area (Å²) in [5, 5.41) is 0. The predicted octanol–water partition coefficient (Wildman–Crippen LogP) is 3.13. The minimum atomic E-state index is -0.571. The van der Waals surface area contributed by atoms with E-state index in [1.165, 1.54) is 12.8 Å². The second kappa shape index (κ2) is 7.23. The van der Waals surface area contributed by atoms with Gasteiger partial charge in [0.2, 0.25) is 0 Å². The van der Waals surface area contributed by atoms with Crippen molar-refractivity contribution in [2.45, 2.75) is 44.2 Å². The second-order valence-corrected chi connectivity index (χ2v) is 7.25. The average molecular weight is 359 g/mol. The van der Waals surface area contributed by atoms with Gasteiger partial charge in [-0.3, -0.25) is 9.88 Å². The third-order valence-corrected chi connectivity index (χ3v) is 5.40. The van der Waals surface area contributed by atoms with Crippen LogP contribution in [0, 0.1) is 11.6 Å². The Morgan fingerprint density at radius 1 is 1.12 bits per heavy atom. The van der Waals surface area contributed by atoms with E-state index in [2.05, 4.69) is 26.8 Å². The van der Waals surface area contributed by atoms with Crippen LogP contribution in [0.1, 0.15) is 43.0 Å². The van der Waals surface area contributed by atoms with Crippen LogP contribution in [-0.2, 0) is 6.54 Å². The van der Waals surface area contributed by atoms with Crippen LogP contribution < -0.4 is 4.90 Å². The minimum Gasteiger partial charge on any atom is -0.356 e. The molecule has 0 N–H and O–H groups in total. The van der Waals surface area contributed by atoms with Crippen LogP contribution in [-0.4, -0.2) is 46.0 Å². The van der Waals surface area contributed by atoms with E-state index in [0.717, 1.165) is 50.0 Å². The van der Waals surface area contributed by atoms with Gasteiger partial charge in [0, 0.05) is 50.4 Å². The Hall–Kier alpha value is -2.15. The van der Waals surface area contributed by atoms with Crippen molar-refractivity contribution < 1.29 is 8.78 Å². The van der Waals surface area contributed by atoms with Gasteiger partial charge >= 0.3 is 0 Å². The SMILES string of the molecule is CN(c1ccnc(C2CC2)n1)C1CCN(Cc2c(F)cncc2F)CC1. The van der Waals surface area contributed by atoms with E-state index in [4.69, 9.17) is 4.98 Å². The van der Waals surface area contributed by atoms with Gasteiger partial charge in [-0.15, -0.1) is 0 Å². The molecule has 2 aromatic rings. The number of halogens is 2. The zero-order chi connectivity index (χ0) is 18.1. The van der Waals surface area contributed by atoms with E-state index in [9.17, 15) is 8.78 Å². The molecule has 0 bridgehead atoms. The largest absolute Gasteiger partial charge is 0.356 e. The number of rotatable bonds is 5. The monoisotopic (exact) mass is 359 g/mol. The number of pyridine rings is 1. The molecule has 1 saturated heterocycles. The van der Waals surface area contributed by atoms with Crippen molar-refractivity contribution in [3.8, 4) is 0 Å². The van der Waals surface area contributed by atoms with Gasteiger partial charge in [0.1, 0.15) is 23.3 Å². The maximum absolute atomic E-state index is 13.8. The standard InChI is InChI=1S/C19H23F2N5/c1-25(18-4-7-23-19(24-18)13-2-3-13)14-5-8-26(9-6-14)12-15-16(20)10-22-11-17(15)21/h4,7,10-11,13-14H,2-3,5-6,8-9,12H2,1H3. The molecule has 26 heavy (non-hydrogen) atoms. The molecule has 0 unspecified atom stereocenters. The number of anilines is 1. The lowest BCUT2D eigenvalue weighted by atomic mass is 10.0. The van der Waals surface area contributed by atoms with Crippen molar-refractivity contribution in [1.29, 1.82) is 0 Å². The topological polar surface area (TPSA) is 45.2 Å². The van der Waals surface area contributed by atoms with Crippen LogP contribution in [0.3, 0.4) is 0 Å². The minimum absolute atomic E-state index is 0.108. The lowest BCUT2D eigenvalue weighted by Crippen LogP contribution is -2.43. The molecule has 0 amide bonds. The number of hydrogen-bond acceptors (Lipinski definition) is 5. The molecule has 4 rings (SSSR count). The number of likely N-dealkylation sites (tertiary alicyclic amines) is 1. The normalized spacial score (nSPS) is 18.9. The van der Waals surface area contributed by atoms with Crippen molar-refractivity contribution in [3.63, 3.8) is 0 Å². The summed E-state index contributed by atoms with van der Waals surface area (Å²) >= 11 is 0. The predicted molar refractivity (Wildman–Crippen MR) is 94.9 cm³/mol. The van der Waals surface area contributed by atoms with Crippen molar-refractivity contribution in [3.05, 3.63) is 47.7 Å². The molecular weight excluding hydrogens is 336 g/mol. The van der Waals surface area contributed by atoms with Crippen LogP contribution >= 0.6 is 0 Å². The Labute approximate surface area is 152 Å². The third kappa shape index (κ3) is 3.67. The van der Waals surface area contributed by atoms with Crippen LogP contribution in [0.5, 0.6) is 0 Å². The Balaban J connectivity index is 1.36. The summed E-state index contributed by atoms with van der Waals surface area (Å²) in [4.78, 5) is 17.0. The van der Waals surface area contributed by atoms with Crippen molar-refractivity contribution in [2.24, 2.45) is 0 Å². The third-order valence-electron chi connectivity index (χ3n) is 5.40. The van der Waals surface area contributed by atoms with Crippen molar-refractivity contribution >= 4 is 5.82 Å². The fourth-order valence-electron chi connectivity index (χ4n) is 3.56. The molecule has 0 aromatic carbocycles. The molecule has 0 radical (unpaired) electrons. The maximum Gasteiger partial charge on any atom is 0.148 e. The first-order chi connectivity index (χ1) is 12.6. The highest BCUT2D eigenvalue weighted by molar-refractivity contribution is 5.38. The summed E-state index contributed by atoms with van der Waals surface area (Å²) in [6.07, 6.45) is 8.25. The summed E-state index contributed by atoms with van der Waals surface area (Å²) in [5.74, 6) is 1.31. The van der Waals surface area contributed by atoms with Crippen molar-refractivity contribution in [2.75, 3.05) is 25.0 Å². The summed E-state index contributed by atoms with van der Waals surface area (Å²) in [7, 11) is 2.07. The lowest BCUT2D eigenvalue weighted by Gasteiger charge is -2.37. The quantitative estimate of drug-likeness (QED) is 0.821. The fraction of sp³-hybridized carbons (Fsp3) is 0.526. The van der Waals surface area contributed by atoms with Gasteiger partial charge in [-0.25, -0.2) is 18.7 Å². The highest BCUT2D eigenvalue weighted by atomic mass is 19.1. The number of hydrogen-bond donors (Lipinski definition) is 0. The van der Waals surface area contributed by atoms with Gasteiger partial charge in [-0.2, -0.15) is 0 Å². The molecule has 0 spiro atoms. The molecule has 1 aliphatic carbocycles. The van der Waals surface area contributed by atoms with Crippen molar-refractivity contribution in [1.82, 2.24) is 19.9 Å². The summed E-state index contributed by atoms with van der Waals surface area (Å²) in [6.45, 7) is 1.89. The molecule has 5 nitrogen and oxygen atoms in total. The molecule has 2 aliphatic rings. The van der Waals surface area contributed by atoms with Gasteiger partial charge in [0.25, 0.3) is 0 Å². The molecule has 138 valence electrons. The summed E-state index contributed by atoms with van der Waals surface area (Å²) in [5.41, 5.74) is 0.108. The Morgan fingerprint density at radius 2 is 1.81 bits per heavy atom. The van der Waals surface area contributed by atoms with Crippen LogP contribution in [0.15, 0.2) is 24.7 Å². The highest BCUT2D eigenvalue weighted by Crippen LogP contribution is 2.38. The number of nitrogens with zero attached hydrogens (tertiary/aromatic N) is 5. The van der Waals surface area contributed by atoms with Crippen LogP contribution in [0.2, 0.25) is 0 Å². The molecule has 1 saturated carbocycles. The Bertz CT molecular complexity index is 752. The van der Waals surface area contributed by atoms with Gasteiger partial charge < -0.3 is 4.90 Å². The van der Waals surface area contributed by atoms with Crippen LogP contribution in [0.4, 0.5) is 14.6 Å².